The molecular formula is C44H33N3S2. The van der Waals surface area contributed by atoms with Crippen LogP contribution in [-0.4, -0.2) is 9.97 Å². The molecule has 2 aromatic heterocycles. The first-order valence-corrected chi connectivity index (χ1v) is 18.5. The molecule has 7 aromatic rings. The van der Waals surface area contributed by atoms with Crippen molar-refractivity contribution in [2.75, 3.05) is 4.90 Å². The Morgan fingerprint density at radius 2 is 0.918 bits per heavy atom. The van der Waals surface area contributed by atoms with E-state index >= 15 is 0 Å². The lowest BCUT2D eigenvalue weighted by molar-refractivity contribution is 1.00. The standard InChI is InChI=1S/C44H33N3S2/c1-3-11-30(12-4-1)37-28-27-36(29-38(37)31-13-5-2-6-14-31)47(34-23-19-32(20-24-34)43-45-39-15-7-9-17-41(39)48-43)35-25-21-33(22-26-35)44-46-40-16-8-10-18-42(40)49-44/h1-8,11-16,19-29H,9-10,17-18H2. The van der Waals surface area contributed by atoms with Gasteiger partial charge in [-0.25, -0.2) is 9.97 Å². The summed E-state index contributed by atoms with van der Waals surface area (Å²) >= 11 is 3.64. The Kier molecular flexibility index (Phi) is 7.85. The van der Waals surface area contributed by atoms with Crippen LogP contribution in [0.3, 0.4) is 0 Å². The Bertz CT molecular complexity index is 2210. The van der Waals surface area contributed by atoms with E-state index in [2.05, 4.69) is 157 Å². The van der Waals surface area contributed by atoms with E-state index in [-0.39, 0.29) is 0 Å². The monoisotopic (exact) mass is 667 g/mol. The van der Waals surface area contributed by atoms with Gasteiger partial charge in [0.2, 0.25) is 0 Å². The zero-order valence-corrected chi connectivity index (χ0v) is 28.6. The number of benzene rings is 5. The molecule has 5 aromatic carbocycles. The van der Waals surface area contributed by atoms with Gasteiger partial charge in [0.1, 0.15) is 10.0 Å². The van der Waals surface area contributed by atoms with Crippen LogP contribution in [-0.2, 0) is 12.8 Å². The quantitative estimate of drug-likeness (QED) is 0.169. The fourth-order valence-corrected chi connectivity index (χ4v) is 8.90. The number of thiazole rings is 2. The summed E-state index contributed by atoms with van der Waals surface area (Å²) in [4.78, 5) is 15.1. The summed E-state index contributed by atoms with van der Waals surface area (Å²) in [6.45, 7) is 0. The van der Waals surface area contributed by atoms with Gasteiger partial charge in [-0.1, -0.05) is 78.9 Å². The minimum Gasteiger partial charge on any atom is -0.310 e. The Labute approximate surface area is 295 Å². The average Bonchev–Trinajstić information content (AvgIpc) is 3.81. The topological polar surface area (TPSA) is 29.0 Å². The molecule has 0 spiro atoms. The van der Waals surface area contributed by atoms with Crippen LogP contribution in [0.4, 0.5) is 17.1 Å². The maximum Gasteiger partial charge on any atom is 0.124 e. The third-order valence-corrected chi connectivity index (χ3v) is 11.6. The molecule has 0 fully saturated rings. The maximum absolute atomic E-state index is 4.97. The van der Waals surface area contributed by atoms with E-state index in [1.807, 2.05) is 22.7 Å². The number of anilines is 3. The number of hydrogen-bond acceptors (Lipinski definition) is 5. The fourth-order valence-electron chi connectivity index (χ4n) is 6.76. The van der Waals surface area contributed by atoms with Crippen molar-refractivity contribution >= 4 is 51.9 Å². The molecular weight excluding hydrogens is 635 g/mol. The molecule has 2 aliphatic rings. The first-order chi connectivity index (χ1) is 24.3. The first-order valence-electron chi connectivity index (χ1n) is 16.9. The number of hydrogen-bond donors (Lipinski definition) is 0. The minimum absolute atomic E-state index is 1.08. The second-order valence-corrected chi connectivity index (χ2v) is 14.6. The molecule has 49 heavy (non-hydrogen) atoms. The van der Waals surface area contributed by atoms with Gasteiger partial charge in [-0.15, -0.1) is 22.7 Å². The number of nitrogens with zero attached hydrogens (tertiary/aromatic N) is 3. The second kappa shape index (κ2) is 12.9. The third-order valence-electron chi connectivity index (χ3n) is 9.26. The van der Waals surface area contributed by atoms with E-state index in [0.717, 1.165) is 75.3 Å². The summed E-state index contributed by atoms with van der Waals surface area (Å²) < 4.78 is 0. The lowest BCUT2D eigenvalue weighted by Gasteiger charge is -2.27. The van der Waals surface area contributed by atoms with Gasteiger partial charge >= 0.3 is 0 Å². The lowest BCUT2D eigenvalue weighted by atomic mass is 9.93. The molecule has 0 saturated heterocycles. The number of allylic oxidation sites excluding steroid dienone is 2. The summed E-state index contributed by atoms with van der Waals surface area (Å²) in [6.07, 6.45) is 13.1. The van der Waals surface area contributed by atoms with Crippen molar-refractivity contribution in [2.45, 2.75) is 25.7 Å². The predicted molar refractivity (Wildman–Crippen MR) is 209 cm³/mol. The van der Waals surface area contributed by atoms with Crippen LogP contribution in [0.5, 0.6) is 0 Å². The lowest BCUT2D eigenvalue weighted by Crippen LogP contribution is -2.10. The van der Waals surface area contributed by atoms with Crippen molar-refractivity contribution < 1.29 is 0 Å². The second-order valence-electron chi connectivity index (χ2n) is 12.4. The molecule has 0 bridgehead atoms. The van der Waals surface area contributed by atoms with Gasteiger partial charge in [0, 0.05) is 37.9 Å². The van der Waals surface area contributed by atoms with Crippen molar-refractivity contribution in [3.63, 3.8) is 0 Å². The van der Waals surface area contributed by atoms with Crippen molar-refractivity contribution in [3.05, 3.63) is 161 Å². The molecule has 2 heterocycles. The van der Waals surface area contributed by atoms with Crippen LogP contribution < -0.4 is 4.90 Å². The maximum atomic E-state index is 4.97. The molecule has 9 rings (SSSR count). The molecule has 0 saturated carbocycles. The van der Waals surface area contributed by atoms with E-state index in [1.165, 1.54) is 32.0 Å². The Hall–Kier alpha value is -5.36. The van der Waals surface area contributed by atoms with Gasteiger partial charge in [0.05, 0.1) is 11.4 Å². The summed E-state index contributed by atoms with van der Waals surface area (Å²) in [5, 5.41) is 2.16. The van der Waals surface area contributed by atoms with Gasteiger partial charge in [-0.3, -0.25) is 0 Å². The molecule has 3 nitrogen and oxygen atoms in total. The number of fused-ring (bicyclic) bond motifs is 2. The Balaban J connectivity index is 1.15. The van der Waals surface area contributed by atoms with Crippen LogP contribution in [0.15, 0.2) is 140 Å². The molecule has 0 amide bonds. The van der Waals surface area contributed by atoms with Crippen LogP contribution in [0.25, 0.3) is 55.5 Å². The highest BCUT2D eigenvalue weighted by molar-refractivity contribution is 7.15. The van der Waals surface area contributed by atoms with E-state index in [0.29, 0.717) is 0 Å². The minimum atomic E-state index is 1.08. The smallest absolute Gasteiger partial charge is 0.124 e. The van der Waals surface area contributed by atoms with E-state index in [9.17, 15) is 0 Å². The fraction of sp³-hybridized carbons (Fsp3) is 0.0909. The van der Waals surface area contributed by atoms with Crippen LogP contribution in [0.1, 0.15) is 34.0 Å². The summed E-state index contributed by atoms with van der Waals surface area (Å²) in [6, 6.07) is 46.0. The van der Waals surface area contributed by atoms with Crippen molar-refractivity contribution in [1.29, 1.82) is 0 Å². The highest BCUT2D eigenvalue weighted by atomic mass is 32.1. The summed E-state index contributed by atoms with van der Waals surface area (Å²) in [5.41, 5.74) is 12.7. The number of aromatic nitrogens is 2. The molecule has 0 unspecified atom stereocenters. The SMILES string of the molecule is C1=Cc2nc(-c3ccc(N(c4ccc(-c5nc6c(s5)CCC=C6)cc4)c4ccc(-c5ccccc5)c(-c5ccccc5)c4)cc3)sc2CC1. The van der Waals surface area contributed by atoms with Crippen LogP contribution in [0.2, 0.25) is 0 Å². The van der Waals surface area contributed by atoms with Crippen molar-refractivity contribution in [1.82, 2.24) is 9.97 Å². The van der Waals surface area contributed by atoms with E-state index in [4.69, 9.17) is 9.97 Å². The largest absolute Gasteiger partial charge is 0.310 e. The van der Waals surface area contributed by atoms with E-state index < -0.39 is 0 Å². The zero-order valence-electron chi connectivity index (χ0n) is 26.9. The first kappa shape index (κ1) is 29.8. The van der Waals surface area contributed by atoms with Gasteiger partial charge in [-0.2, -0.15) is 0 Å². The van der Waals surface area contributed by atoms with Crippen LogP contribution >= 0.6 is 22.7 Å². The Morgan fingerprint density at radius 1 is 0.449 bits per heavy atom. The molecule has 0 radical (unpaired) electrons. The van der Waals surface area contributed by atoms with E-state index in [1.54, 1.807) is 0 Å². The summed E-state index contributed by atoms with van der Waals surface area (Å²) in [5.74, 6) is 0. The van der Waals surface area contributed by atoms with Gasteiger partial charge in [-0.05, 0) is 121 Å². The normalized spacial score (nSPS) is 13.2. The molecule has 0 N–H and O–H groups in total. The molecule has 0 atom stereocenters. The number of rotatable bonds is 7. The van der Waals surface area contributed by atoms with Crippen molar-refractivity contribution in [3.8, 4) is 43.4 Å². The van der Waals surface area contributed by atoms with Crippen molar-refractivity contribution in [2.24, 2.45) is 0 Å². The highest BCUT2D eigenvalue weighted by Crippen LogP contribution is 2.42. The third kappa shape index (κ3) is 5.86. The molecule has 0 aliphatic heterocycles. The zero-order chi connectivity index (χ0) is 32.6. The van der Waals surface area contributed by atoms with Crippen LogP contribution in [0, 0.1) is 0 Å². The molecule has 236 valence electrons. The van der Waals surface area contributed by atoms with Gasteiger partial charge in [0.25, 0.3) is 0 Å². The summed E-state index contributed by atoms with van der Waals surface area (Å²) in [7, 11) is 0. The average molecular weight is 668 g/mol. The highest BCUT2D eigenvalue weighted by Gasteiger charge is 2.19. The Morgan fingerprint density at radius 3 is 1.41 bits per heavy atom. The van der Waals surface area contributed by atoms with Gasteiger partial charge in [0.15, 0.2) is 0 Å². The van der Waals surface area contributed by atoms with Gasteiger partial charge < -0.3 is 4.90 Å². The molecule has 5 heteroatoms. The molecule has 2 aliphatic carbocycles. The predicted octanol–water partition coefficient (Wildman–Crippen LogP) is 12.7. The number of aryl methyl sites for hydroxylation is 2.